The van der Waals surface area contributed by atoms with E-state index in [4.69, 9.17) is 9.47 Å². The topological polar surface area (TPSA) is 79.3 Å². The quantitative estimate of drug-likeness (QED) is 0.293. The molecule has 1 N–H and O–H groups in total. The Morgan fingerprint density at radius 3 is 2.85 bits per heavy atom. The van der Waals surface area contributed by atoms with Crippen LogP contribution in [0.1, 0.15) is 55.0 Å². The van der Waals surface area contributed by atoms with Gasteiger partial charge in [-0.05, 0) is 90.7 Å². The van der Waals surface area contributed by atoms with Crippen molar-refractivity contribution in [2.24, 2.45) is 5.92 Å². The number of likely N-dealkylation sites (tertiary alicyclic amines) is 1. The fourth-order valence-electron chi connectivity index (χ4n) is 7.93. The zero-order valence-corrected chi connectivity index (χ0v) is 24.6. The molecule has 0 unspecified atom stereocenters. The normalized spacial score (nSPS) is 32.6. The standard InChI is InChI=1S/C30H33BrN2O5S/c1-17(34)37-23-7-5-19-13-24-30(36)10-9-22(32(2)25(35)8-6-21-14-20(31)16-39-21)28-29(30,26(19)27(23)38-28)11-12-33(24)15-18-3-4-18/h5-8,14,16,18,22,24,28,36H,3-4,9-13,15H2,1-2H3/b8-6+/t22-,24-,28+,29+,30-/m1/s1. The van der Waals surface area contributed by atoms with Crippen molar-refractivity contribution in [3.63, 3.8) is 0 Å². The number of esters is 1. The molecule has 1 saturated heterocycles. The van der Waals surface area contributed by atoms with Crippen LogP contribution in [0.4, 0.5) is 0 Å². The van der Waals surface area contributed by atoms with Gasteiger partial charge in [0.15, 0.2) is 11.5 Å². The SMILES string of the molecule is CC(=O)Oc1ccc2c3c1O[C@H]1[C@H](N(C)C(=O)/C=C/c4cc(Br)cs4)CC[C@@]4(O)[C@@H](C2)N(CC2CC2)CC[C@]314. The van der Waals surface area contributed by atoms with E-state index in [0.717, 1.165) is 52.3 Å². The second-order valence-corrected chi connectivity index (χ2v) is 13.8. The first-order valence-corrected chi connectivity index (χ1v) is 15.6. The van der Waals surface area contributed by atoms with Crippen LogP contribution in [0.2, 0.25) is 0 Å². The van der Waals surface area contributed by atoms with E-state index in [1.807, 2.05) is 30.6 Å². The number of thiophene rings is 1. The van der Waals surface area contributed by atoms with E-state index in [1.165, 1.54) is 19.8 Å². The molecular weight excluding hydrogens is 580 g/mol. The van der Waals surface area contributed by atoms with Gasteiger partial charge < -0.3 is 19.5 Å². The highest BCUT2D eigenvalue weighted by Gasteiger charge is 2.73. The van der Waals surface area contributed by atoms with Crippen molar-refractivity contribution < 1.29 is 24.2 Å². The third-order valence-corrected chi connectivity index (χ3v) is 11.5. The summed E-state index contributed by atoms with van der Waals surface area (Å²) in [7, 11) is 1.84. The van der Waals surface area contributed by atoms with E-state index >= 15 is 0 Å². The van der Waals surface area contributed by atoms with Gasteiger partial charge in [0.1, 0.15) is 6.10 Å². The number of aliphatic hydroxyl groups is 1. The van der Waals surface area contributed by atoms with Crippen molar-refractivity contribution in [2.45, 2.75) is 74.7 Å². The first kappa shape index (κ1) is 25.7. The molecule has 1 aromatic carbocycles. The monoisotopic (exact) mass is 612 g/mol. The lowest BCUT2D eigenvalue weighted by atomic mass is 9.48. The number of hydrogen-bond acceptors (Lipinski definition) is 7. The molecule has 5 atom stereocenters. The molecule has 1 aromatic heterocycles. The summed E-state index contributed by atoms with van der Waals surface area (Å²) in [6.45, 7) is 3.31. The fraction of sp³-hybridized carbons (Fsp3) is 0.533. The molecule has 2 saturated carbocycles. The molecule has 7 nitrogen and oxygen atoms in total. The van der Waals surface area contributed by atoms with Crippen molar-refractivity contribution in [1.82, 2.24) is 9.80 Å². The lowest BCUT2D eigenvalue weighted by molar-refractivity contribution is -0.200. The molecule has 3 aliphatic carbocycles. The summed E-state index contributed by atoms with van der Waals surface area (Å²) in [5.74, 6) is 1.22. The smallest absolute Gasteiger partial charge is 0.308 e. The van der Waals surface area contributed by atoms with Gasteiger partial charge in [-0.25, -0.2) is 0 Å². The minimum Gasteiger partial charge on any atom is -0.483 e. The van der Waals surface area contributed by atoms with Gasteiger partial charge in [-0.15, -0.1) is 11.3 Å². The van der Waals surface area contributed by atoms with Crippen molar-refractivity contribution in [1.29, 1.82) is 0 Å². The summed E-state index contributed by atoms with van der Waals surface area (Å²) in [5, 5.41) is 14.7. The van der Waals surface area contributed by atoms with Crippen molar-refractivity contribution in [3.8, 4) is 11.5 Å². The predicted octanol–water partition coefficient (Wildman–Crippen LogP) is 4.54. The molecule has 2 bridgehead atoms. The Morgan fingerprint density at radius 2 is 2.13 bits per heavy atom. The maximum Gasteiger partial charge on any atom is 0.308 e. The van der Waals surface area contributed by atoms with Crippen LogP contribution in [0.5, 0.6) is 11.5 Å². The van der Waals surface area contributed by atoms with Crippen LogP contribution < -0.4 is 9.47 Å². The molecule has 0 radical (unpaired) electrons. The average molecular weight is 614 g/mol. The molecule has 1 amide bonds. The largest absolute Gasteiger partial charge is 0.483 e. The molecule has 206 valence electrons. The Balaban J connectivity index is 1.28. The van der Waals surface area contributed by atoms with E-state index < -0.39 is 23.1 Å². The number of likely N-dealkylation sites (N-methyl/N-ethyl adjacent to an activating group) is 1. The van der Waals surface area contributed by atoms with Gasteiger partial charge in [0.2, 0.25) is 5.91 Å². The summed E-state index contributed by atoms with van der Waals surface area (Å²) < 4.78 is 13.4. The van der Waals surface area contributed by atoms with E-state index in [9.17, 15) is 14.7 Å². The van der Waals surface area contributed by atoms with Gasteiger partial charge in [0.25, 0.3) is 0 Å². The number of benzene rings is 1. The van der Waals surface area contributed by atoms with Crippen LogP contribution in [-0.2, 0) is 21.4 Å². The van der Waals surface area contributed by atoms with Crippen LogP contribution in [0.25, 0.3) is 6.08 Å². The van der Waals surface area contributed by atoms with E-state index in [0.29, 0.717) is 24.3 Å². The summed E-state index contributed by atoms with van der Waals surface area (Å²) >= 11 is 5.04. The van der Waals surface area contributed by atoms with E-state index in [2.05, 4.69) is 26.9 Å². The van der Waals surface area contributed by atoms with Crippen molar-refractivity contribution in [2.75, 3.05) is 20.1 Å². The van der Waals surface area contributed by atoms with Gasteiger partial charge in [-0.2, -0.15) is 0 Å². The van der Waals surface area contributed by atoms with E-state index in [1.54, 1.807) is 22.3 Å². The molecule has 39 heavy (non-hydrogen) atoms. The van der Waals surface area contributed by atoms with Crippen LogP contribution in [0.15, 0.2) is 34.1 Å². The summed E-state index contributed by atoms with van der Waals surface area (Å²) in [5.41, 5.74) is 0.533. The van der Waals surface area contributed by atoms with Gasteiger partial charge in [0.05, 0.1) is 17.1 Å². The molecule has 9 heteroatoms. The number of rotatable bonds is 6. The summed E-state index contributed by atoms with van der Waals surface area (Å²) in [6.07, 6.45) is 8.33. The molecule has 3 fully saturated rings. The maximum atomic E-state index is 13.4. The highest BCUT2D eigenvalue weighted by atomic mass is 79.9. The first-order chi connectivity index (χ1) is 18.7. The Bertz CT molecular complexity index is 1390. The molecular formula is C30H33BrN2O5S. The highest BCUT2D eigenvalue weighted by Crippen LogP contribution is 2.66. The van der Waals surface area contributed by atoms with E-state index in [-0.39, 0.29) is 18.0 Å². The number of piperidine rings is 1. The van der Waals surface area contributed by atoms with Crippen LogP contribution in [0.3, 0.4) is 0 Å². The third-order valence-electron chi connectivity index (χ3n) is 9.79. The van der Waals surface area contributed by atoms with Crippen LogP contribution >= 0.6 is 27.3 Å². The number of carbonyl (C=O) groups excluding carboxylic acids is 2. The van der Waals surface area contributed by atoms with Crippen LogP contribution in [-0.4, -0.2) is 70.7 Å². The second-order valence-electron chi connectivity index (χ2n) is 11.9. The molecule has 1 spiro atoms. The molecule has 2 aliphatic heterocycles. The van der Waals surface area contributed by atoms with Crippen LogP contribution in [0, 0.1) is 5.92 Å². The van der Waals surface area contributed by atoms with Crippen molar-refractivity contribution in [3.05, 3.63) is 50.1 Å². The second kappa shape index (κ2) is 9.16. The molecule has 5 aliphatic rings. The minimum absolute atomic E-state index is 0.00936. The van der Waals surface area contributed by atoms with Crippen molar-refractivity contribution >= 4 is 45.2 Å². The molecule has 3 heterocycles. The number of amides is 1. The number of carbonyl (C=O) groups is 2. The Labute approximate surface area is 240 Å². The fourth-order valence-corrected chi connectivity index (χ4v) is 9.26. The zero-order chi connectivity index (χ0) is 27.1. The Kier molecular flexibility index (Phi) is 6.05. The minimum atomic E-state index is -0.975. The lowest BCUT2D eigenvalue weighted by Gasteiger charge is -2.64. The number of halogens is 1. The van der Waals surface area contributed by atoms with Gasteiger partial charge in [0, 0.05) is 52.9 Å². The van der Waals surface area contributed by atoms with Gasteiger partial charge >= 0.3 is 5.97 Å². The maximum absolute atomic E-state index is 13.4. The summed E-state index contributed by atoms with van der Waals surface area (Å²) in [4.78, 5) is 30.7. The average Bonchev–Trinajstić information content (AvgIpc) is 3.50. The van der Waals surface area contributed by atoms with Gasteiger partial charge in [-0.1, -0.05) is 6.07 Å². The first-order valence-electron chi connectivity index (χ1n) is 13.9. The van der Waals surface area contributed by atoms with Gasteiger partial charge in [-0.3, -0.25) is 14.5 Å². The number of ether oxygens (including phenoxy) is 2. The Morgan fingerprint density at radius 1 is 1.31 bits per heavy atom. The number of hydrogen-bond donors (Lipinski definition) is 1. The predicted molar refractivity (Wildman–Crippen MR) is 152 cm³/mol. The third kappa shape index (κ3) is 3.87. The molecule has 2 aromatic rings. The molecule has 7 rings (SSSR count). The lowest BCUT2D eigenvalue weighted by Crippen LogP contribution is -2.78. The number of nitrogens with zero attached hydrogens (tertiary/aromatic N) is 2. The summed E-state index contributed by atoms with van der Waals surface area (Å²) in [6, 6.07) is 5.66. The Hall–Kier alpha value is -2.20. The zero-order valence-electron chi connectivity index (χ0n) is 22.2. The highest BCUT2D eigenvalue weighted by molar-refractivity contribution is 9.10.